The van der Waals surface area contributed by atoms with Crippen molar-refractivity contribution in [2.24, 2.45) is 11.7 Å². The Bertz CT molecular complexity index is 407. The van der Waals surface area contributed by atoms with Gasteiger partial charge in [0.2, 0.25) is 0 Å². The van der Waals surface area contributed by atoms with Crippen molar-refractivity contribution in [2.45, 2.75) is 44.2 Å². The van der Waals surface area contributed by atoms with E-state index >= 15 is 0 Å². The summed E-state index contributed by atoms with van der Waals surface area (Å²) in [5.74, 6) is -0.256. The van der Waals surface area contributed by atoms with E-state index in [9.17, 15) is 9.50 Å². The molecule has 0 heterocycles. The predicted octanol–water partition coefficient (Wildman–Crippen LogP) is 3.42. The molecular weight excluding hydrogens is 253 g/mol. The highest BCUT2D eigenvalue weighted by Crippen LogP contribution is 2.32. The number of aliphatic hydroxyl groups excluding tert-OH is 1. The van der Waals surface area contributed by atoms with Gasteiger partial charge in [-0.25, -0.2) is 4.39 Å². The van der Waals surface area contributed by atoms with Crippen LogP contribution in [0.1, 0.15) is 43.7 Å². The third-order valence-corrected chi connectivity index (χ3v) is 4.06. The van der Waals surface area contributed by atoms with E-state index in [-0.39, 0.29) is 5.92 Å². The van der Waals surface area contributed by atoms with Gasteiger partial charge in [0.25, 0.3) is 0 Å². The Morgan fingerprint density at radius 3 is 2.56 bits per heavy atom. The molecule has 2 rings (SSSR count). The van der Waals surface area contributed by atoms with Crippen LogP contribution in [0.15, 0.2) is 18.2 Å². The second-order valence-electron chi connectivity index (χ2n) is 5.08. The van der Waals surface area contributed by atoms with Crippen molar-refractivity contribution in [1.82, 2.24) is 0 Å². The maximum absolute atomic E-state index is 13.8. The Morgan fingerprint density at radius 2 is 1.94 bits per heavy atom. The first-order chi connectivity index (χ1) is 8.59. The average molecular weight is 272 g/mol. The first-order valence-electron chi connectivity index (χ1n) is 6.48. The van der Waals surface area contributed by atoms with Crippen LogP contribution in [0.5, 0.6) is 0 Å². The van der Waals surface area contributed by atoms with Crippen LogP contribution in [0.3, 0.4) is 0 Å². The number of halogens is 2. The fourth-order valence-corrected chi connectivity index (χ4v) is 2.88. The third kappa shape index (κ3) is 3.02. The summed E-state index contributed by atoms with van der Waals surface area (Å²) in [6.45, 7) is 0. The van der Waals surface area contributed by atoms with E-state index in [1.807, 2.05) is 0 Å². The van der Waals surface area contributed by atoms with Gasteiger partial charge in [0, 0.05) is 10.6 Å². The Hall–Kier alpha value is -0.640. The minimum Gasteiger partial charge on any atom is -0.391 e. The molecule has 0 amide bonds. The molecule has 0 radical (unpaired) electrons. The molecule has 1 saturated carbocycles. The van der Waals surface area contributed by atoms with E-state index in [4.69, 9.17) is 17.3 Å². The lowest BCUT2D eigenvalue weighted by molar-refractivity contribution is 0.0608. The molecule has 0 aromatic heterocycles. The van der Waals surface area contributed by atoms with Crippen LogP contribution in [-0.2, 0) is 0 Å². The van der Waals surface area contributed by atoms with Crippen LogP contribution in [0.25, 0.3) is 0 Å². The molecule has 100 valence electrons. The lowest BCUT2D eigenvalue weighted by atomic mass is 9.81. The van der Waals surface area contributed by atoms with Crippen LogP contribution in [-0.4, -0.2) is 11.2 Å². The van der Waals surface area contributed by atoms with Crippen molar-refractivity contribution in [1.29, 1.82) is 0 Å². The van der Waals surface area contributed by atoms with Crippen LogP contribution in [0.2, 0.25) is 5.02 Å². The molecule has 2 nitrogen and oxygen atoms in total. The highest BCUT2D eigenvalue weighted by Gasteiger charge is 2.28. The molecule has 1 aromatic carbocycles. The first kappa shape index (κ1) is 13.8. The fourth-order valence-electron chi connectivity index (χ4n) is 2.72. The van der Waals surface area contributed by atoms with Gasteiger partial charge in [-0.2, -0.15) is 0 Å². The lowest BCUT2D eigenvalue weighted by Gasteiger charge is -2.30. The van der Waals surface area contributed by atoms with Crippen LogP contribution in [0, 0.1) is 11.7 Å². The molecule has 1 aliphatic carbocycles. The van der Waals surface area contributed by atoms with Gasteiger partial charge in [-0.05, 0) is 30.9 Å². The van der Waals surface area contributed by atoms with Crippen molar-refractivity contribution in [3.05, 3.63) is 34.6 Å². The normalized spacial score (nSPS) is 20.7. The quantitative estimate of drug-likeness (QED) is 0.885. The minimum atomic E-state index is -0.680. The number of benzene rings is 1. The smallest absolute Gasteiger partial charge is 0.129 e. The predicted molar refractivity (Wildman–Crippen MR) is 70.9 cm³/mol. The monoisotopic (exact) mass is 271 g/mol. The van der Waals surface area contributed by atoms with Gasteiger partial charge in [-0.15, -0.1) is 0 Å². The third-order valence-electron chi connectivity index (χ3n) is 3.82. The maximum Gasteiger partial charge on any atom is 0.129 e. The van der Waals surface area contributed by atoms with Crippen molar-refractivity contribution in [3.8, 4) is 0 Å². The van der Waals surface area contributed by atoms with E-state index in [0.29, 0.717) is 10.6 Å². The van der Waals surface area contributed by atoms with Gasteiger partial charge in [0.05, 0.1) is 12.1 Å². The molecule has 0 unspecified atom stereocenters. The molecule has 2 atom stereocenters. The standard InChI is InChI=1S/C14H19ClFNO/c15-10-6-7-11(12(16)8-10)13(17)14(18)9-4-2-1-3-5-9/h6-9,13-14,18H,1-5,17H2/t13-,14+/m1/s1. The molecule has 18 heavy (non-hydrogen) atoms. The highest BCUT2D eigenvalue weighted by atomic mass is 35.5. The van der Waals surface area contributed by atoms with Gasteiger partial charge in [0.1, 0.15) is 5.82 Å². The summed E-state index contributed by atoms with van der Waals surface area (Å²) >= 11 is 5.71. The summed E-state index contributed by atoms with van der Waals surface area (Å²) in [7, 11) is 0. The number of aliphatic hydroxyl groups is 1. The lowest BCUT2D eigenvalue weighted by Crippen LogP contribution is -2.34. The molecular formula is C14H19ClFNO. The van der Waals surface area contributed by atoms with E-state index < -0.39 is 18.0 Å². The Balaban J connectivity index is 2.11. The van der Waals surface area contributed by atoms with Crippen molar-refractivity contribution >= 4 is 11.6 Å². The largest absolute Gasteiger partial charge is 0.391 e. The Labute approximate surface area is 112 Å². The molecule has 0 bridgehead atoms. The molecule has 1 fully saturated rings. The van der Waals surface area contributed by atoms with Crippen LogP contribution >= 0.6 is 11.6 Å². The van der Waals surface area contributed by atoms with Gasteiger partial charge in [-0.1, -0.05) is 36.9 Å². The summed E-state index contributed by atoms with van der Waals surface area (Å²) in [5, 5.41) is 10.6. The van der Waals surface area contributed by atoms with Crippen molar-refractivity contribution in [3.63, 3.8) is 0 Å². The molecule has 3 N–H and O–H groups in total. The van der Waals surface area contributed by atoms with Crippen molar-refractivity contribution < 1.29 is 9.50 Å². The van der Waals surface area contributed by atoms with E-state index in [1.54, 1.807) is 12.1 Å². The maximum atomic E-state index is 13.8. The zero-order chi connectivity index (χ0) is 13.1. The Morgan fingerprint density at radius 1 is 1.28 bits per heavy atom. The zero-order valence-electron chi connectivity index (χ0n) is 10.3. The van der Waals surface area contributed by atoms with Crippen molar-refractivity contribution in [2.75, 3.05) is 0 Å². The second kappa shape index (κ2) is 6.00. The van der Waals surface area contributed by atoms with Gasteiger partial charge in [-0.3, -0.25) is 0 Å². The summed E-state index contributed by atoms with van der Waals surface area (Å²) < 4.78 is 13.8. The molecule has 0 spiro atoms. The second-order valence-corrected chi connectivity index (χ2v) is 5.52. The average Bonchev–Trinajstić information content (AvgIpc) is 2.38. The summed E-state index contributed by atoms with van der Waals surface area (Å²) in [4.78, 5) is 0. The molecule has 1 aromatic rings. The summed E-state index contributed by atoms with van der Waals surface area (Å²) in [5.41, 5.74) is 6.33. The van der Waals surface area contributed by atoms with Crippen LogP contribution < -0.4 is 5.73 Å². The number of nitrogens with two attached hydrogens (primary N) is 1. The number of rotatable bonds is 3. The molecule has 1 aliphatic rings. The van der Waals surface area contributed by atoms with E-state index in [2.05, 4.69) is 0 Å². The topological polar surface area (TPSA) is 46.2 Å². The van der Waals surface area contributed by atoms with E-state index in [0.717, 1.165) is 25.7 Å². The van der Waals surface area contributed by atoms with Gasteiger partial charge >= 0.3 is 0 Å². The summed E-state index contributed by atoms with van der Waals surface area (Å²) in [6, 6.07) is 3.73. The zero-order valence-corrected chi connectivity index (χ0v) is 11.0. The van der Waals surface area contributed by atoms with E-state index in [1.165, 1.54) is 12.5 Å². The highest BCUT2D eigenvalue weighted by molar-refractivity contribution is 6.30. The Kier molecular flexibility index (Phi) is 4.60. The van der Waals surface area contributed by atoms with Gasteiger partial charge < -0.3 is 10.8 Å². The SMILES string of the molecule is N[C@H](c1ccc(Cl)cc1F)[C@@H](O)C1CCCCC1. The molecule has 0 aliphatic heterocycles. The fraction of sp³-hybridized carbons (Fsp3) is 0.571. The van der Waals surface area contributed by atoms with Crippen LogP contribution in [0.4, 0.5) is 4.39 Å². The number of hydrogen-bond donors (Lipinski definition) is 2. The first-order valence-corrected chi connectivity index (χ1v) is 6.86. The minimum absolute atomic E-state index is 0.184. The summed E-state index contributed by atoms with van der Waals surface area (Å²) in [6.07, 6.45) is 4.73. The molecule has 0 saturated heterocycles. The molecule has 4 heteroatoms. The number of hydrogen-bond acceptors (Lipinski definition) is 2. The van der Waals surface area contributed by atoms with Gasteiger partial charge in [0.15, 0.2) is 0 Å².